The summed E-state index contributed by atoms with van der Waals surface area (Å²) in [5.74, 6) is 0.297. The third kappa shape index (κ3) is 9.52. The highest BCUT2D eigenvalue weighted by Gasteiger charge is 2.28. The highest BCUT2D eigenvalue weighted by molar-refractivity contribution is 5.93. The first-order valence-electron chi connectivity index (χ1n) is 12.9. The number of carbonyl (C=O) groups is 3. The van der Waals surface area contributed by atoms with Crippen LogP contribution in [-0.4, -0.2) is 36.4 Å². The molecule has 1 aromatic heterocycles. The normalized spacial score (nSPS) is 12.5. The van der Waals surface area contributed by atoms with E-state index in [9.17, 15) is 14.4 Å². The van der Waals surface area contributed by atoms with Gasteiger partial charge in [0.25, 0.3) is 0 Å². The number of aryl methyl sites for hydroxylation is 1. The molecule has 0 radical (unpaired) electrons. The van der Waals surface area contributed by atoms with Gasteiger partial charge < -0.3 is 25.1 Å². The number of furan rings is 1. The lowest BCUT2D eigenvalue weighted by Crippen LogP contribution is -2.53. The fraction of sp³-hybridized carbons (Fsp3) is 0.367. The molecule has 2 atom stereocenters. The molecule has 38 heavy (non-hydrogen) atoms. The molecule has 2 aromatic carbocycles. The number of hydrogen-bond donors (Lipinski definition) is 3. The molecule has 8 heteroatoms. The molecule has 0 bridgehead atoms. The molecule has 1 heterocycles. The number of ether oxygens (including phenoxy) is 1. The van der Waals surface area contributed by atoms with Crippen molar-refractivity contribution in [2.24, 2.45) is 5.92 Å². The lowest BCUT2D eigenvalue weighted by atomic mass is 9.99. The van der Waals surface area contributed by atoms with Gasteiger partial charge in [0, 0.05) is 0 Å². The summed E-state index contributed by atoms with van der Waals surface area (Å²) in [5, 5.41) is 8.67. The van der Waals surface area contributed by atoms with Crippen molar-refractivity contribution < 1.29 is 23.5 Å². The smallest absolute Gasteiger partial charge is 0.408 e. The van der Waals surface area contributed by atoms with Crippen LogP contribution in [0.25, 0.3) is 0 Å². The molecule has 202 valence electrons. The Morgan fingerprint density at radius 1 is 0.868 bits per heavy atom. The lowest BCUT2D eigenvalue weighted by Gasteiger charge is -2.24. The number of amides is 2. The Bertz CT molecular complexity index is 1160. The van der Waals surface area contributed by atoms with Gasteiger partial charge >= 0.3 is 6.09 Å². The van der Waals surface area contributed by atoms with Gasteiger partial charge in [0.2, 0.25) is 5.91 Å². The van der Waals surface area contributed by atoms with E-state index in [1.54, 1.807) is 6.26 Å². The first-order valence-corrected chi connectivity index (χ1v) is 12.9. The molecular weight excluding hydrogens is 482 g/mol. The van der Waals surface area contributed by atoms with Gasteiger partial charge in [0.1, 0.15) is 18.4 Å². The fourth-order valence-corrected chi connectivity index (χ4v) is 3.99. The van der Waals surface area contributed by atoms with Crippen LogP contribution in [0.1, 0.15) is 42.7 Å². The Kier molecular flexibility index (Phi) is 11.1. The molecule has 0 unspecified atom stereocenters. The SMILES string of the molecule is Cc1ccoc1CNCC(=O)[C@H](Cc1ccccc1)NC(=O)[C@H](CC(C)C)NC(=O)OCc1ccccc1. The van der Waals surface area contributed by atoms with Crippen LogP contribution in [0.15, 0.2) is 77.4 Å². The first kappa shape index (κ1) is 28.7. The average Bonchev–Trinajstić information content (AvgIpc) is 3.32. The van der Waals surface area contributed by atoms with Crippen LogP contribution in [0, 0.1) is 12.8 Å². The second-order valence-electron chi connectivity index (χ2n) is 9.74. The number of carbonyl (C=O) groups excluding carboxylic acids is 3. The van der Waals surface area contributed by atoms with Crippen molar-refractivity contribution in [2.45, 2.75) is 58.8 Å². The zero-order valence-corrected chi connectivity index (χ0v) is 22.2. The molecule has 3 rings (SSSR count). The van der Waals surface area contributed by atoms with Gasteiger partial charge in [-0.3, -0.25) is 9.59 Å². The number of nitrogens with one attached hydrogen (secondary N) is 3. The predicted molar refractivity (Wildman–Crippen MR) is 145 cm³/mol. The van der Waals surface area contributed by atoms with E-state index in [2.05, 4.69) is 16.0 Å². The lowest BCUT2D eigenvalue weighted by molar-refractivity contribution is -0.128. The third-order valence-corrected chi connectivity index (χ3v) is 6.07. The van der Waals surface area contributed by atoms with Gasteiger partial charge in [-0.2, -0.15) is 0 Å². The summed E-state index contributed by atoms with van der Waals surface area (Å²) < 4.78 is 10.7. The largest absolute Gasteiger partial charge is 0.468 e. The van der Waals surface area contributed by atoms with Gasteiger partial charge in [-0.15, -0.1) is 0 Å². The maximum atomic E-state index is 13.3. The summed E-state index contributed by atoms with van der Waals surface area (Å²) in [6, 6.07) is 19.1. The van der Waals surface area contributed by atoms with Gasteiger partial charge in [0.05, 0.1) is 25.4 Å². The molecule has 3 N–H and O–H groups in total. The number of alkyl carbamates (subject to hydrolysis) is 1. The minimum absolute atomic E-state index is 0.0549. The van der Waals surface area contributed by atoms with Crippen LogP contribution in [0.2, 0.25) is 0 Å². The molecule has 0 saturated heterocycles. The van der Waals surface area contributed by atoms with Crippen LogP contribution >= 0.6 is 0 Å². The zero-order valence-electron chi connectivity index (χ0n) is 22.2. The second-order valence-corrected chi connectivity index (χ2v) is 9.74. The molecule has 8 nitrogen and oxygen atoms in total. The van der Waals surface area contributed by atoms with E-state index in [0.29, 0.717) is 19.4 Å². The minimum Gasteiger partial charge on any atom is -0.468 e. The van der Waals surface area contributed by atoms with Gasteiger partial charge in [0.15, 0.2) is 5.78 Å². The molecule has 0 aliphatic carbocycles. The Morgan fingerprint density at radius 3 is 2.13 bits per heavy atom. The van der Waals surface area contributed by atoms with Crippen molar-refractivity contribution in [1.82, 2.24) is 16.0 Å². The molecule has 0 fully saturated rings. The fourth-order valence-electron chi connectivity index (χ4n) is 3.99. The molecular formula is C30H37N3O5. The number of benzene rings is 2. The summed E-state index contributed by atoms with van der Waals surface area (Å²) in [6.45, 7) is 6.42. The molecule has 0 aliphatic rings. The van der Waals surface area contributed by atoms with E-state index in [1.807, 2.05) is 87.5 Å². The molecule has 0 saturated carbocycles. The maximum Gasteiger partial charge on any atom is 0.408 e. The summed E-state index contributed by atoms with van der Waals surface area (Å²) in [4.78, 5) is 39.0. The number of Topliss-reactive ketones (excluding diaryl/α,β-unsaturated/α-hetero) is 1. The van der Waals surface area contributed by atoms with Crippen molar-refractivity contribution in [1.29, 1.82) is 0 Å². The highest BCUT2D eigenvalue weighted by atomic mass is 16.5. The highest BCUT2D eigenvalue weighted by Crippen LogP contribution is 2.10. The van der Waals surface area contributed by atoms with Crippen LogP contribution in [-0.2, 0) is 33.9 Å². The number of ketones is 1. The summed E-state index contributed by atoms with van der Waals surface area (Å²) in [5.41, 5.74) is 2.77. The quantitative estimate of drug-likeness (QED) is 0.293. The Balaban J connectivity index is 1.64. The Morgan fingerprint density at radius 2 is 1.53 bits per heavy atom. The van der Waals surface area contributed by atoms with Crippen LogP contribution in [0.3, 0.4) is 0 Å². The van der Waals surface area contributed by atoms with E-state index in [0.717, 1.165) is 22.5 Å². The summed E-state index contributed by atoms with van der Waals surface area (Å²) in [6.07, 6.45) is 1.66. The Labute approximate surface area is 224 Å². The third-order valence-electron chi connectivity index (χ3n) is 6.07. The number of rotatable bonds is 14. The topological polar surface area (TPSA) is 110 Å². The van der Waals surface area contributed by atoms with Crippen molar-refractivity contribution in [3.05, 3.63) is 95.4 Å². The van der Waals surface area contributed by atoms with Crippen LogP contribution in [0.5, 0.6) is 0 Å². The van der Waals surface area contributed by atoms with E-state index in [4.69, 9.17) is 9.15 Å². The summed E-state index contributed by atoms with van der Waals surface area (Å²) >= 11 is 0. The average molecular weight is 520 g/mol. The van der Waals surface area contributed by atoms with Crippen LogP contribution in [0.4, 0.5) is 4.79 Å². The van der Waals surface area contributed by atoms with Gasteiger partial charge in [-0.1, -0.05) is 74.5 Å². The molecule has 0 aliphatic heterocycles. The minimum atomic E-state index is -0.844. The summed E-state index contributed by atoms with van der Waals surface area (Å²) in [7, 11) is 0. The monoisotopic (exact) mass is 519 g/mol. The van der Waals surface area contributed by atoms with Gasteiger partial charge in [-0.05, 0) is 48.4 Å². The number of hydrogen-bond acceptors (Lipinski definition) is 6. The van der Waals surface area contributed by atoms with E-state index >= 15 is 0 Å². The van der Waals surface area contributed by atoms with E-state index in [1.165, 1.54) is 0 Å². The molecule has 2 amide bonds. The van der Waals surface area contributed by atoms with E-state index in [-0.39, 0.29) is 24.9 Å². The van der Waals surface area contributed by atoms with Crippen molar-refractivity contribution in [3.8, 4) is 0 Å². The standard InChI is InChI=1S/C30H37N3O5/c1-21(2)16-26(33-30(36)38-20-24-12-8-5-9-13-24)29(35)32-25(17-23-10-6-4-7-11-23)27(34)18-31-19-28-22(3)14-15-37-28/h4-15,21,25-26,31H,16-20H2,1-3H3,(H,32,35)(H,33,36)/t25-,26-/m0/s1. The van der Waals surface area contributed by atoms with Crippen LogP contribution < -0.4 is 16.0 Å². The van der Waals surface area contributed by atoms with E-state index < -0.39 is 24.1 Å². The van der Waals surface area contributed by atoms with Gasteiger partial charge in [-0.25, -0.2) is 4.79 Å². The molecule has 0 spiro atoms. The molecule has 3 aromatic rings. The van der Waals surface area contributed by atoms with Crippen molar-refractivity contribution in [3.63, 3.8) is 0 Å². The maximum absolute atomic E-state index is 13.3. The predicted octanol–water partition coefficient (Wildman–Crippen LogP) is 4.32. The van der Waals surface area contributed by atoms with Crippen molar-refractivity contribution >= 4 is 17.8 Å². The zero-order chi connectivity index (χ0) is 27.3. The Hall–Kier alpha value is -3.91. The first-order chi connectivity index (χ1) is 18.3. The van der Waals surface area contributed by atoms with Crippen molar-refractivity contribution in [2.75, 3.05) is 6.54 Å². The second kappa shape index (κ2) is 14.7.